The first-order valence-corrected chi connectivity index (χ1v) is 7.61. The van der Waals surface area contributed by atoms with Crippen LogP contribution in [0.15, 0.2) is 67.1 Å². The molecule has 0 aliphatic heterocycles. The molecule has 0 radical (unpaired) electrons. The van der Waals surface area contributed by atoms with Gasteiger partial charge in [0.2, 0.25) is 5.82 Å². The van der Waals surface area contributed by atoms with Crippen LogP contribution in [0.4, 0.5) is 13.2 Å². The lowest BCUT2D eigenvalue weighted by molar-refractivity contribution is -0.145. The van der Waals surface area contributed by atoms with Crippen LogP contribution in [0.2, 0.25) is 0 Å². The molecule has 5 nitrogen and oxygen atoms in total. The van der Waals surface area contributed by atoms with Crippen LogP contribution in [0.3, 0.4) is 0 Å². The van der Waals surface area contributed by atoms with Crippen molar-refractivity contribution in [3.8, 4) is 22.6 Å². The quantitative estimate of drug-likeness (QED) is 0.538. The minimum atomic E-state index is -4.57. The first-order valence-electron chi connectivity index (χ1n) is 7.61. The number of hydrogen-bond donors (Lipinski definition) is 0. The number of benzene rings is 1. The van der Waals surface area contributed by atoms with Crippen molar-refractivity contribution in [2.75, 3.05) is 0 Å². The van der Waals surface area contributed by atoms with Crippen LogP contribution in [0.25, 0.3) is 16.8 Å². The van der Waals surface area contributed by atoms with Gasteiger partial charge in [0.1, 0.15) is 11.5 Å². The number of alkyl halides is 3. The molecule has 0 aliphatic rings. The van der Waals surface area contributed by atoms with E-state index in [0.29, 0.717) is 17.1 Å². The topological polar surface area (TPSA) is 52.3 Å². The normalized spacial score (nSPS) is 11.7. The third kappa shape index (κ3) is 3.08. The second-order valence-corrected chi connectivity index (χ2v) is 5.48. The van der Waals surface area contributed by atoms with Crippen molar-refractivity contribution in [1.29, 1.82) is 0 Å². The Bertz CT molecular complexity index is 1040. The van der Waals surface area contributed by atoms with Crippen molar-refractivity contribution in [2.45, 2.75) is 6.18 Å². The van der Waals surface area contributed by atoms with Gasteiger partial charge < -0.3 is 4.74 Å². The molecule has 1 aromatic carbocycles. The molecule has 8 heteroatoms. The molecular formula is C18H11F3N4O. The van der Waals surface area contributed by atoms with E-state index in [0.717, 1.165) is 9.96 Å². The summed E-state index contributed by atoms with van der Waals surface area (Å²) in [4.78, 5) is 3.91. The van der Waals surface area contributed by atoms with Gasteiger partial charge in [0, 0.05) is 18.6 Å². The zero-order valence-corrected chi connectivity index (χ0v) is 13.2. The highest BCUT2D eigenvalue weighted by Crippen LogP contribution is 2.30. The number of pyridine rings is 2. The lowest BCUT2D eigenvalue weighted by Gasteiger charge is -2.08. The molecular weight excluding hydrogens is 345 g/mol. The fraction of sp³-hybridized carbons (Fsp3) is 0.0556. The van der Waals surface area contributed by atoms with Crippen LogP contribution in [0, 0.1) is 0 Å². The smallest absolute Gasteiger partial charge is 0.452 e. The first-order chi connectivity index (χ1) is 12.5. The zero-order chi connectivity index (χ0) is 18.1. The average molecular weight is 356 g/mol. The highest BCUT2D eigenvalue weighted by Gasteiger charge is 2.36. The molecule has 0 unspecified atom stereocenters. The number of halogens is 3. The molecule has 0 aliphatic carbocycles. The van der Waals surface area contributed by atoms with Crippen LogP contribution in [-0.4, -0.2) is 19.6 Å². The van der Waals surface area contributed by atoms with E-state index in [-0.39, 0.29) is 5.65 Å². The number of rotatable bonds is 3. The summed E-state index contributed by atoms with van der Waals surface area (Å²) in [6.07, 6.45) is 0.0454. The van der Waals surface area contributed by atoms with Crippen LogP contribution in [0.1, 0.15) is 5.82 Å². The van der Waals surface area contributed by atoms with E-state index >= 15 is 0 Å². The SMILES string of the molecule is FC(F)(F)c1nnc2ccc(-c3ccc(Oc4ccncc4)cc3)cn12. The van der Waals surface area contributed by atoms with Gasteiger partial charge in [-0.15, -0.1) is 10.2 Å². The monoisotopic (exact) mass is 356 g/mol. The molecule has 0 bridgehead atoms. The van der Waals surface area contributed by atoms with Crippen molar-refractivity contribution in [2.24, 2.45) is 0 Å². The molecule has 0 saturated heterocycles. The van der Waals surface area contributed by atoms with Gasteiger partial charge in [-0.3, -0.25) is 9.38 Å². The molecule has 4 rings (SSSR count). The summed E-state index contributed by atoms with van der Waals surface area (Å²) in [6.45, 7) is 0. The Balaban J connectivity index is 1.65. The lowest BCUT2D eigenvalue weighted by atomic mass is 10.1. The molecule has 0 saturated carbocycles. The second-order valence-electron chi connectivity index (χ2n) is 5.48. The van der Waals surface area contributed by atoms with E-state index in [1.165, 1.54) is 12.3 Å². The van der Waals surface area contributed by atoms with Gasteiger partial charge in [0.15, 0.2) is 5.65 Å². The third-order valence-electron chi connectivity index (χ3n) is 3.73. The number of hydrogen-bond acceptors (Lipinski definition) is 4. The molecule has 0 amide bonds. The summed E-state index contributed by atoms with van der Waals surface area (Å²) in [5.74, 6) is 0.210. The zero-order valence-electron chi connectivity index (χ0n) is 13.2. The molecule has 3 heterocycles. The van der Waals surface area contributed by atoms with E-state index < -0.39 is 12.0 Å². The largest absolute Gasteiger partial charge is 0.457 e. The molecule has 130 valence electrons. The van der Waals surface area contributed by atoms with E-state index in [4.69, 9.17) is 4.74 Å². The highest BCUT2D eigenvalue weighted by atomic mass is 19.4. The van der Waals surface area contributed by atoms with Crippen LogP contribution < -0.4 is 4.74 Å². The Labute approximate surface area is 145 Å². The summed E-state index contributed by atoms with van der Waals surface area (Å²) in [6, 6.07) is 13.7. The third-order valence-corrected chi connectivity index (χ3v) is 3.73. The maximum absolute atomic E-state index is 13.0. The summed E-state index contributed by atoms with van der Waals surface area (Å²) in [7, 11) is 0. The summed E-state index contributed by atoms with van der Waals surface area (Å²) in [5, 5.41) is 6.77. The molecule has 0 spiro atoms. The predicted octanol–water partition coefficient (Wildman–Crippen LogP) is 4.60. The summed E-state index contributed by atoms with van der Waals surface area (Å²) < 4.78 is 45.6. The Morgan fingerprint density at radius 1 is 0.769 bits per heavy atom. The Morgan fingerprint density at radius 3 is 2.12 bits per heavy atom. The molecule has 0 atom stereocenters. The van der Waals surface area contributed by atoms with Gasteiger partial charge in [-0.2, -0.15) is 13.2 Å². The van der Waals surface area contributed by atoms with Crippen molar-refractivity contribution < 1.29 is 17.9 Å². The van der Waals surface area contributed by atoms with Gasteiger partial charge in [-0.1, -0.05) is 12.1 Å². The van der Waals surface area contributed by atoms with Crippen molar-refractivity contribution >= 4 is 5.65 Å². The Kier molecular flexibility index (Phi) is 3.80. The minimum Gasteiger partial charge on any atom is -0.457 e. The van der Waals surface area contributed by atoms with Crippen molar-refractivity contribution in [3.63, 3.8) is 0 Å². The number of ether oxygens (including phenoxy) is 1. The molecule has 26 heavy (non-hydrogen) atoms. The van der Waals surface area contributed by atoms with Gasteiger partial charge >= 0.3 is 6.18 Å². The van der Waals surface area contributed by atoms with Gasteiger partial charge in [0.25, 0.3) is 0 Å². The minimum absolute atomic E-state index is 0.138. The predicted molar refractivity (Wildman–Crippen MR) is 87.7 cm³/mol. The maximum Gasteiger partial charge on any atom is 0.452 e. The van der Waals surface area contributed by atoms with Crippen LogP contribution in [0.5, 0.6) is 11.5 Å². The second kappa shape index (κ2) is 6.14. The average Bonchev–Trinajstić information content (AvgIpc) is 3.07. The molecule has 0 fully saturated rings. The highest BCUT2D eigenvalue weighted by molar-refractivity contribution is 5.65. The fourth-order valence-electron chi connectivity index (χ4n) is 2.51. The summed E-state index contributed by atoms with van der Waals surface area (Å²) in [5.41, 5.74) is 1.49. The van der Waals surface area contributed by atoms with Crippen molar-refractivity contribution in [3.05, 3.63) is 72.9 Å². The van der Waals surface area contributed by atoms with Gasteiger partial charge in [0.05, 0.1) is 0 Å². The fourth-order valence-corrected chi connectivity index (χ4v) is 2.51. The van der Waals surface area contributed by atoms with Gasteiger partial charge in [-0.05, 0) is 47.5 Å². The Hall–Kier alpha value is -3.42. The molecule has 4 aromatic rings. The van der Waals surface area contributed by atoms with Crippen molar-refractivity contribution in [1.82, 2.24) is 19.6 Å². The van der Waals surface area contributed by atoms with Crippen LogP contribution in [-0.2, 0) is 6.18 Å². The Morgan fingerprint density at radius 2 is 1.42 bits per heavy atom. The van der Waals surface area contributed by atoms with E-state index in [2.05, 4.69) is 15.2 Å². The summed E-state index contributed by atoms with van der Waals surface area (Å²) >= 11 is 0. The first kappa shape index (κ1) is 16.1. The maximum atomic E-state index is 13.0. The lowest BCUT2D eigenvalue weighted by Crippen LogP contribution is -2.10. The van der Waals surface area contributed by atoms with E-state index in [9.17, 15) is 13.2 Å². The molecule has 0 N–H and O–H groups in total. The van der Waals surface area contributed by atoms with E-state index in [1.807, 2.05) is 0 Å². The van der Waals surface area contributed by atoms with Gasteiger partial charge in [-0.25, -0.2) is 0 Å². The standard InChI is InChI=1S/C18H11F3N4O/c19-18(20,21)17-24-23-16-6-3-13(11-25(16)17)12-1-4-14(5-2-12)26-15-7-9-22-10-8-15/h1-11H. The number of aromatic nitrogens is 4. The number of fused-ring (bicyclic) bond motifs is 1. The number of nitrogens with zero attached hydrogens (tertiary/aromatic N) is 4. The van der Waals surface area contributed by atoms with Crippen LogP contribution >= 0.6 is 0 Å². The molecule has 3 aromatic heterocycles. The van der Waals surface area contributed by atoms with E-state index in [1.54, 1.807) is 54.9 Å².